The molecule has 1 aliphatic carbocycles. The highest BCUT2D eigenvalue weighted by molar-refractivity contribution is 5.83. The van der Waals surface area contributed by atoms with Gasteiger partial charge in [-0.05, 0) is 18.8 Å². The molecule has 0 aromatic heterocycles. The van der Waals surface area contributed by atoms with E-state index in [1.54, 1.807) is 0 Å². The van der Waals surface area contributed by atoms with Gasteiger partial charge in [0.2, 0.25) is 5.91 Å². The second kappa shape index (κ2) is 6.36. The second-order valence-corrected chi connectivity index (χ2v) is 5.55. The van der Waals surface area contributed by atoms with Crippen molar-refractivity contribution in [2.24, 2.45) is 17.1 Å². The van der Waals surface area contributed by atoms with E-state index in [0.717, 1.165) is 25.7 Å². The van der Waals surface area contributed by atoms with E-state index < -0.39 is 0 Å². The van der Waals surface area contributed by atoms with Gasteiger partial charge in [-0.15, -0.1) is 0 Å². The van der Waals surface area contributed by atoms with Crippen LogP contribution in [0.1, 0.15) is 46.0 Å². The average molecular weight is 242 g/mol. The van der Waals surface area contributed by atoms with Crippen LogP contribution in [0, 0.1) is 11.3 Å². The van der Waals surface area contributed by atoms with Gasteiger partial charge in [0.15, 0.2) is 0 Å². The Kier molecular flexibility index (Phi) is 5.40. The minimum Gasteiger partial charge on any atom is -0.394 e. The zero-order chi connectivity index (χ0) is 12.9. The zero-order valence-electron chi connectivity index (χ0n) is 11.0. The fourth-order valence-electron chi connectivity index (χ4n) is 2.50. The van der Waals surface area contributed by atoms with Crippen molar-refractivity contribution >= 4 is 5.91 Å². The number of rotatable bonds is 5. The zero-order valence-corrected chi connectivity index (χ0v) is 11.0. The normalized spacial score (nSPS) is 21.2. The van der Waals surface area contributed by atoms with E-state index in [4.69, 9.17) is 5.73 Å². The van der Waals surface area contributed by atoms with E-state index in [-0.39, 0.29) is 29.9 Å². The molecule has 1 aliphatic rings. The molecule has 0 radical (unpaired) electrons. The highest BCUT2D eigenvalue weighted by Gasteiger charge is 2.39. The molecule has 100 valence electrons. The van der Waals surface area contributed by atoms with Gasteiger partial charge < -0.3 is 16.2 Å². The summed E-state index contributed by atoms with van der Waals surface area (Å²) in [5.41, 5.74) is 5.42. The fraction of sp³-hybridized carbons (Fsp3) is 0.923. The number of nitrogens with one attached hydrogen (secondary N) is 1. The molecule has 1 saturated carbocycles. The van der Waals surface area contributed by atoms with Crippen LogP contribution in [0.15, 0.2) is 0 Å². The van der Waals surface area contributed by atoms with Crippen molar-refractivity contribution in [2.45, 2.75) is 52.0 Å². The Balaban J connectivity index is 2.65. The molecular formula is C13H26N2O2. The summed E-state index contributed by atoms with van der Waals surface area (Å²) < 4.78 is 0. The first kappa shape index (κ1) is 14.5. The predicted molar refractivity (Wildman–Crippen MR) is 68.4 cm³/mol. The molecule has 17 heavy (non-hydrogen) atoms. The Morgan fingerprint density at radius 1 is 1.35 bits per heavy atom. The topological polar surface area (TPSA) is 75.3 Å². The largest absolute Gasteiger partial charge is 0.394 e. The minimum absolute atomic E-state index is 0.00986. The summed E-state index contributed by atoms with van der Waals surface area (Å²) in [4.78, 5) is 12.3. The van der Waals surface area contributed by atoms with Gasteiger partial charge in [0.25, 0.3) is 0 Å². The smallest absolute Gasteiger partial charge is 0.227 e. The molecule has 4 heteroatoms. The van der Waals surface area contributed by atoms with Crippen molar-refractivity contribution in [3.63, 3.8) is 0 Å². The summed E-state index contributed by atoms with van der Waals surface area (Å²) >= 11 is 0. The molecular weight excluding hydrogens is 216 g/mol. The Morgan fingerprint density at radius 2 is 1.94 bits per heavy atom. The second-order valence-electron chi connectivity index (χ2n) is 5.55. The highest BCUT2D eigenvalue weighted by atomic mass is 16.3. The number of hydrogen-bond acceptors (Lipinski definition) is 3. The molecule has 1 fully saturated rings. The number of hydrogen-bond donors (Lipinski definition) is 3. The van der Waals surface area contributed by atoms with Crippen molar-refractivity contribution in [3.8, 4) is 0 Å². The lowest BCUT2D eigenvalue weighted by Gasteiger charge is -2.36. The molecule has 0 aromatic carbocycles. The summed E-state index contributed by atoms with van der Waals surface area (Å²) in [6, 6.07) is -0.159. The quantitative estimate of drug-likeness (QED) is 0.674. The fourth-order valence-corrected chi connectivity index (χ4v) is 2.50. The van der Waals surface area contributed by atoms with E-state index in [1.807, 2.05) is 13.8 Å². The lowest BCUT2D eigenvalue weighted by molar-refractivity contribution is -0.133. The van der Waals surface area contributed by atoms with Crippen LogP contribution in [0.2, 0.25) is 0 Å². The Bertz CT molecular complexity index is 248. The Morgan fingerprint density at radius 3 is 2.35 bits per heavy atom. The molecule has 4 nitrogen and oxygen atoms in total. The first-order valence-corrected chi connectivity index (χ1v) is 6.67. The van der Waals surface area contributed by atoms with Gasteiger partial charge >= 0.3 is 0 Å². The molecule has 0 bridgehead atoms. The standard InChI is InChI=1S/C13H26N2O2/c1-10(2)11(8-16)15-12(17)13(9-14)6-4-3-5-7-13/h10-11,16H,3-9,14H2,1-2H3,(H,15,17)/t11-/m1/s1. The number of aliphatic hydroxyl groups excluding tert-OH is 1. The first-order chi connectivity index (χ1) is 8.05. The van der Waals surface area contributed by atoms with Crippen LogP contribution in [0.5, 0.6) is 0 Å². The van der Waals surface area contributed by atoms with Gasteiger partial charge in [-0.3, -0.25) is 4.79 Å². The van der Waals surface area contributed by atoms with Crippen LogP contribution >= 0.6 is 0 Å². The van der Waals surface area contributed by atoms with Crippen LogP contribution < -0.4 is 11.1 Å². The Hall–Kier alpha value is -0.610. The van der Waals surface area contributed by atoms with Crippen LogP contribution in [-0.2, 0) is 4.79 Å². The molecule has 1 amide bonds. The van der Waals surface area contributed by atoms with Crippen molar-refractivity contribution < 1.29 is 9.90 Å². The Labute approximate surface area is 104 Å². The van der Waals surface area contributed by atoms with Crippen LogP contribution in [0.25, 0.3) is 0 Å². The number of carbonyl (C=O) groups excluding carboxylic acids is 1. The third-order valence-electron chi connectivity index (χ3n) is 4.00. The molecule has 0 aromatic rings. The number of nitrogens with two attached hydrogens (primary N) is 1. The predicted octanol–water partition coefficient (Wildman–Crippen LogP) is 1.03. The molecule has 0 aliphatic heterocycles. The maximum atomic E-state index is 12.3. The summed E-state index contributed by atoms with van der Waals surface area (Å²) in [6.45, 7) is 4.40. The van der Waals surface area contributed by atoms with Crippen molar-refractivity contribution in [2.75, 3.05) is 13.2 Å². The van der Waals surface area contributed by atoms with Gasteiger partial charge in [0.05, 0.1) is 18.1 Å². The van der Waals surface area contributed by atoms with Crippen LogP contribution in [0.3, 0.4) is 0 Å². The van der Waals surface area contributed by atoms with Gasteiger partial charge in [-0.25, -0.2) is 0 Å². The lowest BCUT2D eigenvalue weighted by Crippen LogP contribution is -2.52. The molecule has 0 heterocycles. The summed E-state index contributed by atoms with van der Waals surface area (Å²) in [5.74, 6) is 0.273. The summed E-state index contributed by atoms with van der Waals surface area (Å²) in [7, 11) is 0. The van der Waals surface area contributed by atoms with Gasteiger partial charge in [0, 0.05) is 6.54 Å². The summed E-state index contributed by atoms with van der Waals surface area (Å²) in [6.07, 6.45) is 5.12. The van der Waals surface area contributed by atoms with E-state index in [2.05, 4.69) is 5.32 Å². The van der Waals surface area contributed by atoms with E-state index >= 15 is 0 Å². The maximum Gasteiger partial charge on any atom is 0.227 e. The molecule has 0 unspecified atom stereocenters. The minimum atomic E-state index is -0.388. The van der Waals surface area contributed by atoms with Gasteiger partial charge in [-0.1, -0.05) is 33.1 Å². The van der Waals surface area contributed by atoms with Gasteiger partial charge in [-0.2, -0.15) is 0 Å². The third kappa shape index (κ3) is 3.42. The molecule has 1 rings (SSSR count). The molecule has 4 N–H and O–H groups in total. The summed E-state index contributed by atoms with van der Waals surface area (Å²) in [5, 5.41) is 12.2. The van der Waals surface area contributed by atoms with Crippen LogP contribution in [0.4, 0.5) is 0 Å². The number of amides is 1. The number of aliphatic hydroxyl groups is 1. The molecule has 0 saturated heterocycles. The van der Waals surface area contributed by atoms with E-state index in [9.17, 15) is 9.90 Å². The van der Waals surface area contributed by atoms with Gasteiger partial charge in [0.1, 0.15) is 0 Å². The molecule has 0 spiro atoms. The molecule has 1 atom stereocenters. The van der Waals surface area contributed by atoms with Crippen molar-refractivity contribution in [1.82, 2.24) is 5.32 Å². The van der Waals surface area contributed by atoms with E-state index in [1.165, 1.54) is 6.42 Å². The SMILES string of the molecule is CC(C)[C@@H](CO)NC(=O)C1(CN)CCCCC1. The maximum absolute atomic E-state index is 12.3. The van der Waals surface area contributed by atoms with Crippen molar-refractivity contribution in [3.05, 3.63) is 0 Å². The van der Waals surface area contributed by atoms with E-state index in [0.29, 0.717) is 6.54 Å². The monoisotopic (exact) mass is 242 g/mol. The highest BCUT2D eigenvalue weighted by Crippen LogP contribution is 2.35. The first-order valence-electron chi connectivity index (χ1n) is 6.67. The van der Waals surface area contributed by atoms with Crippen molar-refractivity contribution in [1.29, 1.82) is 0 Å². The average Bonchev–Trinajstić information content (AvgIpc) is 2.35. The number of carbonyl (C=O) groups is 1. The lowest BCUT2D eigenvalue weighted by atomic mass is 9.73. The third-order valence-corrected chi connectivity index (χ3v) is 4.00. The van der Waals surface area contributed by atoms with Crippen LogP contribution in [-0.4, -0.2) is 30.2 Å².